The molecule has 4 atom stereocenters. The number of rotatable bonds is 5. The summed E-state index contributed by atoms with van der Waals surface area (Å²) in [5, 5.41) is 3.60. The van der Waals surface area contributed by atoms with Crippen molar-refractivity contribution in [2.75, 3.05) is 13.2 Å². The Balaban J connectivity index is 2.07. The van der Waals surface area contributed by atoms with Gasteiger partial charge < -0.3 is 14.2 Å². The van der Waals surface area contributed by atoms with E-state index in [1.165, 1.54) is 0 Å². The van der Waals surface area contributed by atoms with E-state index in [1.54, 1.807) is 0 Å². The van der Waals surface area contributed by atoms with Gasteiger partial charge in [0.1, 0.15) is 12.2 Å². The van der Waals surface area contributed by atoms with Gasteiger partial charge in [-0.3, -0.25) is 5.32 Å². The number of fused-ring (bicyclic) bond motifs is 2. The average molecular weight is 243 g/mol. The van der Waals surface area contributed by atoms with Crippen LogP contribution in [0.25, 0.3) is 0 Å². The van der Waals surface area contributed by atoms with Crippen LogP contribution in [0, 0.1) is 0 Å². The summed E-state index contributed by atoms with van der Waals surface area (Å²) in [4.78, 5) is 0. The van der Waals surface area contributed by atoms with Crippen LogP contribution < -0.4 is 5.32 Å². The Hall–Kier alpha value is -0.160. The van der Waals surface area contributed by atoms with Gasteiger partial charge >= 0.3 is 0 Å². The SMILES string of the molecule is CC(C)OCC12COC(C(C)N1)C2OC(C)C. The van der Waals surface area contributed by atoms with Crippen LogP contribution in [-0.4, -0.2) is 49.2 Å². The molecule has 2 bridgehead atoms. The lowest BCUT2D eigenvalue weighted by atomic mass is 9.97. The van der Waals surface area contributed by atoms with E-state index >= 15 is 0 Å². The monoisotopic (exact) mass is 243 g/mol. The minimum absolute atomic E-state index is 0.108. The molecule has 0 aromatic carbocycles. The van der Waals surface area contributed by atoms with Crippen molar-refractivity contribution in [2.45, 2.75) is 70.6 Å². The van der Waals surface area contributed by atoms with Gasteiger partial charge in [-0.05, 0) is 34.6 Å². The quantitative estimate of drug-likeness (QED) is 0.791. The van der Waals surface area contributed by atoms with E-state index in [9.17, 15) is 0 Å². The molecule has 0 amide bonds. The van der Waals surface area contributed by atoms with Crippen molar-refractivity contribution >= 4 is 0 Å². The number of hydrogen-bond acceptors (Lipinski definition) is 4. The molecule has 4 nitrogen and oxygen atoms in total. The summed E-state index contributed by atoms with van der Waals surface area (Å²) in [6.45, 7) is 11.7. The van der Waals surface area contributed by atoms with E-state index < -0.39 is 0 Å². The fourth-order valence-electron chi connectivity index (χ4n) is 2.78. The molecule has 2 saturated heterocycles. The van der Waals surface area contributed by atoms with Crippen LogP contribution in [0.5, 0.6) is 0 Å². The third-order valence-corrected chi connectivity index (χ3v) is 3.48. The maximum absolute atomic E-state index is 6.04. The second-order valence-electron chi connectivity index (χ2n) is 5.83. The van der Waals surface area contributed by atoms with Gasteiger partial charge in [0.05, 0.1) is 31.0 Å². The van der Waals surface area contributed by atoms with Gasteiger partial charge in [0.25, 0.3) is 0 Å². The highest BCUT2D eigenvalue weighted by Crippen LogP contribution is 2.37. The van der Waals surface area contributed by atoms with Crippen LogP contribution in [0.2, 0.25) is 0 Å². The topological polar surface area (TPSA) is 39.7 Å². The first-order valence-corrected chi connectivity index (χ1v) is 6.61. The van der Waals surface area contributed by atoms with E-state index in [4.69, 9.17) is 14.2 Å². The molecule has 1 N–H and O–H groups in total. The minimum atomic E-state index is -0.154. The lowest BCUT2D eigenvalue weighted by molar-refractivity contribution is -0.0536. The third-order valence-electron chi connectivity index (χ3n) is 3.48. The number of morpholine rings is 1. The Kier molecular flexibility index (Phi) is 3.78. The molecule has 2 aliphatic heterocycles. The molecule has 2 heterocycles. The van der Waals surface area contributed by atoms with E-state index in [0.717, 1.165) is 0 Å². The zero-order chi connectivity index (χ0) is 12.6. The molecule has 2 rings (SSSR count). The number of ether oxygens (including phenoxy) is 3. The molecule has 0 spiro atoms. The molecule has 4 heteroatoms. The fourth-order valence-corrected chi connectivity index (χ4v) is 2.78. The first kappa shape index (κ1) is 13.3. The van der Waals surface area contributed by atoms with Crippen LogP contribution in [0.3, 0.4) is 0 Å². The molecule has 0 aromatic rings. The standard InChI is InChI=1S/C13H25NO3/c1-8(2)15-6-13-7-16-11(10(5)14-13)12(13)17-9(3)4/h8-12,14H,6-7H2,1-5H3. The molecule has 2 aliphatic rings. The first-order valence-electron chi connectivity index (χ1n) is 6.61. The normalized spacial score (nSPS) is 40.8. The van der Waals surface area contributed by atoms with Crippen LogP contribution >= 0.6 is 0 Å². The van der Waals surface area contributed by atoms with Crippen LogP contribution in [0.1, 0.15) is 34.6 Å². The zero-order valence-corrected chi connectivity index (χ0v) is 11.5. The van der Waals surface area contributed by atoms with Gasteiger partial charge in [-0.2, -0.15) is 0 Å². The molecule has 0 saturated carbocycles. The predicted molar refractivity (Wildman–Crippen MR) is 66.2 cm³/mol. The lowest BCUT2D eigenvalue weighted by Gasteiger charge is -2.32. The van der Waals surface area contributed by atoms with Crippen LogP contribution in [0.4, 0.5) is 0 Å². The second kappa shape index (κ2) is 4.84. The highest BCUT2D eigenvalue weighted by Gasteiger charge is 2.59. The van der Waals surface area contributed by atoms with E-state index in [2.05, 4.69) is 39.9 Å². The highest BCUT2D eigenvalue weighted by atomic mass is 16.6. The van der Waals surface area contributed by atoms with Gasteiger partial charge in [0.2, 0.25) is 0 Å². The Morgan fingerprint density at radius 2 is 2.00 bits per heavy atom. The molecular weight excluding hydrogens is 218 g/mol. The van der Waals surface area contributed by atoms with Crippen molar-refractivity contribution in [1.29, 1.82) is 0 Å². The Bertz CT molecular complexity index is 269. The van der Waals surface area contributed by atoms with Gasteiger partial charge in [-0.25, -0.2) is 0 Å². The largest absolute Gasteiger partial charge is 0.377 e. The number of nitrogens with one attached hydrogen (secondary N) is 1. The average Bonchev–Trinajstić information content (AvgIpc) is 2.67. The fraction of sp³-hybridized carbons (Fsp3) is 1.00. The smallest absolute Gasteiger partial charge is 0.108 e. The van der Waals surface area contributed by atoms with Gasteiger partial charge in [0.15, 0.2) is 0 Å². The Labute approximate surface area is 104 Å². The molecule has 0 aromatic heterocycles. The minimum Gasteiger partial charge on any atom is -0.377 e. The van der Waals surface area contributed by atoms with Gasteiger partial charge in [0, 0.05) is 6.04 Å². The van der Waals surface area contributed by atoms with Crippen molar-refractivity contribution in [3.63, 3.8) is 0 Å². The zero-order valence-electron chi connectivity index (χ0n) is 11.5. The number of hydrogen-bond donors (Lipinski definition) is 1. The third kappa shape index (κ3) is 2.50. The molecule has 4 unspecified atom stereocenters. The van der Waals surface area contributed by atoms with Crippen molar-refractivity contribution in [2.24, 2.45) is 0 Å². The Morgan fingerprint density at radius 3 is 2.53 bits per heavy atom. The van der Waals surface area contributed by atoms with Gasteiger partial charge in [-0.15, -0.1) is 0 Å². The summed E-state index contributed by atoms with van der Waals surface area (Å²) in [5.74, 6) is 0. The van der Waals surface area contributed by atoms with E-state index in [0.29, 0.717) is 19.3 Å². The molecule has 2 fully saturated rings. The summed E-state index contributed by atoms with van der Waals surface area (Å²) < 4.78 is 17.7. The van der Waals surface area contributed by atoms with Gasteiger partial charge in [-0.1, -0.05) is 0 Å². The molecular formula is C13H25NO3. The van der Waals surface area contributed by atoms with Crippen molar-refractivity contribution in [3.05, 3.63) is 0 Å². The van der Waals surface area contributed by atoms with E-state index in [1.807, 2.05) is 0 Å². The molecule has 0 aliphatic carbocycles. The summed E-state index contributed by atoms with van der Waals surface area (Å²) >= 11 is 0. The van der Waals surface area contributed by atoms with E-state index in [-0.39, 0.29) is 30.0 Å². The summed E-state index contributed by atoms with van der Waals surface area (Å²) in [6, 6.07) is 0.336. The second-order valence-corrected chi connectivity index (χ2v) is 5.83. The maximum atomic E-state index is 6.04. The predicted octanol–water partition coefficient (Wildman–Crippen LogP) is 1.33. The van der Waals surface area contributed by atoms with Crippen molar-refractivity contribution < 1.29 is 14.2 Å². The Morgan fingerprint density at radius 1 is 1.29 bits per heavy atom. The van der Waals surface area contributed by atoms with Crippen molar-refractivity contribution in [3.8, 4) is 0 Å². The molecule has 0 radical (unpaired) electrons. The van der Waals surface area contributed by atoms with Crippen molar-refractivity contribution in [1.82, 2.24) is 5.32 Å². The first-order chi connectivity index (χ1) is 7.94. The highest BCUT2D eigenvalue weighted by molar-refractivity contribution is 5.14. The maximum Gasteiger partial charge on any atom is 0.108 e. The van der Waals surface area contributed by atoms with Crippen LogP contribution in [-0.2, 0) is 14.2 Å². The summed E-state index contributed by atoms with van der Waals surface area (Å²) in [7, 11) is 0. The summed E-state index contributed by atoms with van der Waals surface area (Å²) in [5.41, 5.74) is -0.154. The van der Waals surface area contributed by atoms with Crippen LogP contribution in [0.15, 0.2) is 0 Å². The molecule has 100 valence electrons. The summed E-state index contributed by atoms with van der Waals surface area (Å²) in [6.07, 6.45) is 0.722. The lowest BCUT2D eigenvalue weighted by Crippen LogP contribution is -2.56. The molecule has 17 heavy (non-hydrogen) atoms.